The molecule has 0 aromatic rings. The summed E-state index contributed by atoms with van der Waals surface area (Å²) in [7, 11) is 0. The summed E-state index contributed by atoms with van der Waals surface area (Å²) in [5, 5.41) is 0. The summed E-state index contributed by atoms with van der Waals surface area (Å²) >= 11 is 0. The van der Waals surface area contributed by atoms with Crippen molar-refractivity contribution in [2.45, 2.75) is 25.8 Å². The lowest BCUT2D eigenvalue weighted by atomic mass is 9.97. The summed E-state index contributed by atoms with van der Waals surface area (Å²) in [5.74, 6) is 0.304. The lowest BCUT2D eigenvalue weighted by Crippen LogP contribution is -2.39. The van der Waals surface area contributed by atoms with Crippen LogP contribution in [0.2, 0.25) is 0 Å². The van der Waals surface area contributed by atoms with Gasteiger partial charge in [0.2, 0.25) is 0 Å². The van der Waals surface area contributed by atoms with Gasteiger partial charge in [-0.3, -0.25) is 4.90 Å². The number of carbonyl (C=O) groups excluding carboxylic acids is 1. The fourth-order valence-corrected chi connectivity index (χ4v) is 1.61. The molecule has 0 aliphatic carbocycles. The van der Waals surface area contributed by atoms with E-state index in [2.05, 4.69) is 18.4 Å². The molecule has 2 heteroatoms. The quantitative estimate of drug-likeness (QED) is 0.468. The number of hydrogen-bond donors (Lipinski definition) is 0. The van der Waals surface area contributed by atoms with E-state index in [0.717, 1.165) is 32.2 Å². The zero-order valence-electron chi connectivity index (χ0n) is 7.70. The average Bonchev–Trinajstić information content (AvgIpc) is 2.17. The maximum atomic E-state index is 10.5. The van der Waals surface area contributed by atoms with E-state index in [1.165, 1.54) is 0 Å². The Hall–Kier alpha value is -0.630. The first-order valence-electron chi connectivity index (χ1n) is 4.60. The highest BCUT2D eigenvalue weighted by Gasteiger charge is 2.20. The van der Waals surface area contributed by atoms with Crippen molar-refractivity contribution in [1.82, 2.24) is 4.90 Å². The van der Waals surface area contributed by atoms with Crippen molar-refractivity contribution in [3.8, 4) is 0 Å². The molecule has 1 unspecified atom stereocenters. The number of aldehydes is 1. The van der Waals surface area contributed by atoms with Crippen molar-refractivity contribution < 1.29 is 4.79 Å². The van der Waals surface area contributed by atoms with E-state index in [9.17, 15) is 4.79 Å². The fraction of sp³-hybridized carbons (Fsp3) is 0.700. The van der Waals surface area contributed by atoms with Gasteiger partial charge in [-0.25, -0.2) is 0 Å². The largest absolute Gasteiger partial charge is 0.303 e. The molecule has 0 amide bonds. The van der Waals surface area contributed by atoms with Gasteiger partial charge in [-0.2, -0.15) is 0 Å². The maximum absolute atomic E-state index is 10.5. The topological polar surface area (TPSA) is 20.3 Å². The molecular formula is C10H17NO. The van der Waals surface area contributed by atoms with E-state index in [4.69, 9.17) is 0 Å². The van der Waals surface area contributed by atoms with E-state index in [1.807, 2.05) is 6.08 Å². The second kappa shape index (κ2) is 4.41. The first-order valence-corrected chi connectivity index (χ1v) is 4.60. The Kier molecular flexibility index (Phi) is 3.48. The van der Waals surface area contributed by atoms with Gasteiger partial charge in [0.15, 0.2) is 0 Å². The molecule has 1 aliphatic rings. The van der Waals surface area contributed by atoms with Crippen LogP contribution in [-0.2, 0) is 4.79 Å². The predicted octanol–water partition coefficient (Wildman–Crippen LogP) is 1.47. The van der Waals surface area contributed by atoms with Crippen molar-refractivity contribution in [3.63, 3.8) is 0 Å². The fourth-order valence-electron chi connectivity index (χ4n) is 1.61. The molecule has 0 spiro atoms. The molecule has 1 rings (SSSR count). The highest BCUT2D eigenvalue weighted by atomic mass is 16.1. The van der Waals surface area contributed by atoms with Gasteiger partial charge in [0.25, 0.3) is 0 Å². The molecule has 0 saturated carbocycles. The summed E-state index contributed by atoms with van der Waals surface area (Å²) in [6.07, 6.45) is 5.08. The SMILES string of the molecule is C=CC(C)N1CCC(C=O)CC1. The Morgan fingerprint density at radius 3 is 2.50 bits per heavy atom. The number of piperidine rings is 1. The molecule has 0 N–H and O–H groups in total. The van der Waals surface area contributed by atoms with E-state index < -0.39 is 0 Å². The lowest BCUT2D eigenvalue weighted by molar-refractivity contribution is -0.112. The standard InChI is InChI=1S/C10H17NO/c1-3-9(2)11-6-4-10(8-12)5-7-11/h3,8-10H,1,4-7H2,2H3. The molecule has 0 radical (unpaired) electrons. The van der Waals surface area contributed by atoms with Gasteiger partial charge in [0.05, 0.1) is 0 Å². The summed E-state index contributed by atoms with van der Waals surface area (Å²) in [4.78, 5) is 12.8. The van der Waals surface area contributed by atoms with Crippen LogP contribution in [0.25, 0.3) is 0 Å². The Morgan fingerprint density at radius 2 is 2.08 bits per heavy atom. The molecule has 1 saturated heterocycles. The molecule has 1 atom stereocenters. The second-order valence-corrected chi connectivity index (χ2v) is 3.49. The highest BCUT2D eigenvalue weighted by molar-refractivity contribution is 5.53. The molecule has 68 valence electrons. The van der Waals surface area contributed by atoms with Crippen LogP contribution in [0.5, 0.6) is 0 Å². The normalized spacial score (nSPS) is 23.4. The summed E-state index contributed by atoms with van der Waals surface area (Å²) in [6, 6.07) is 0.456. The van der Waals surface area contributed by atoms with Crippen LogP contribution in [0.1, 0.15) is 19.8 Å². The van der Waals surface area contributed by atoms with Crippen molar-refractivity contribution in [3.05, 3.63) is 12.7 Å². The Morgan fingerprint density at radius 1 is 1.50 bits per heavy atom. The van der Waals surface area contributed by atoms with Gasteiger partial charge in [-0.15, -0.1) is 6.58 Å². The molecule has 1 fully saturated rings. The van der Waals surface area contributed by atoms with E-state index in [-0.39, 0.29) is 0 Å². The van der Waals surface area contributed by atoms with Crippen LogP contribution < -0.4 is 0 Å². The van der Waals surface area contributed by atoms with Crippen molar-refractivity contribution in [2.24, 2.45) is 5.92 Å². The Labute approximate surface area is 74.2 Å². The number of nitrogens with zero attached hydrogens (tertiary/aromatic N) is 1. The first-order chi connectivity index (χ1) is 5.77. The van der Waals surface area contributed by atoms with E-state index >= 15 is 0 Å². The highest BCUT2D eigenvalue weighted by Crippen LogP contribution is 2.16. The number of rotatable bonds is 3. The average molecular weight is 167 g/mol. The van der Waals surface area contributed by atoms with Crippen LogP contribution >= 0.6 is 0 Å². The third kappa shape index (κ3) is 2.18. The summed E-state index contributed by atoms with van der Waals surface area (Å²) in [5.41, 5.74) is 0. The van der Waals surface area contributed by atoms with Gasteiger partial charge in [0, 0.05) is 12.0 Å². The van der Waals surface area contributed by atoms with Gasteiger partial charge >= 0.3 is 0 Å². The third-order valence-corrected chi connectivity index (χ3v) is 2.68. The summed E-state index contributed by atoms with van der Waals surface area (Å²) < 4.78 is 0. The predicted molar refractivity (Wildman–Crippen MR) is 50.0 cm³/mol. The maximum Gasteiger partial charge on any atom is 0.123 e. The van der Waals surface area contributed by atoms with Gasteiger partial charge in [-0.05, 0) is 32.9 Å². The molecule has 0 aromatic carbocycles. The lowest BCUT2D eigenvalue weighted by Gasteiger charge is -2.32. The molecule has 0 bridgehead atoms. The second-order valence-electron chi connectivity index (χ2n) is 3.49. The van der Waals surface area contributed by atoms with Crippen molar-refractivity contribution >= 4 is 6.29 Å². The van der Waals surface area contributed by atoms with Crippen LogP contribution in [-0.4, -0.2) is 30.3 Å². The molecular weight excluding hydrogens is 150 g/mol. The minimum absolute atomic E-state index is 0.304. The summed E-state index contributed by atoms with van der Waals surface area (Å²) in [6.45, 7) is 7.99. The van der Waals surface area contributed by atoms with Crippen LogP contribution in [0.3, 0.4) is 0 Å². The molecule has 0 aromatic heterocycles. The zero-order valence-corrected chi connectivity index (χ0v) is 7.70. The Bertz CT molecular complexity index is 159. The smallest absolute Gasteiger partial charge is 0.123 e. The third-order valence-electron chi connectivity index (χ3n) is 2.68. The molecule has 2 nitrogen and oxygen atoms in total. The van der Waals surface area contributed by atoms with Crippen LogP contribution in [0, 0.1) is 5.92 Å². The van der Waals surface area contributed by atoms with Crippen LogP contribution in [0.4, 0.5) is 0 Å². The molecule has 1 aliphatic heterocycles. The first kappa shape index (κ1) is 9.46. The molecule has 1 heterocycles. The van der Waals surface area contributed by atoms with Crippen molar-refractivity contribution in [1.29, 1.82) is 0 Å². The number of hydrogen-bond acceptors (Lipinski definition) is 2. The minimum Gasteiger partial charge on any atom is -0.303 e. The minimum atomic E-state index is 0.304. The van der Waals surface area contributed by atoms with Gasteiger partial charge in [0.1, 0.15) is 6.29 Å². The van der Waals surface area contributed by atoms with Gasteiger partial charge < -0.3 is 4.79 Å². The number of carbonyl (C=O) groups is 1. The molecule has 12 heavy (non-hydrogen) atoms. The van der Waals surface area contributed by atoms with Crippen LogP contribution in [0.15, 0.2) is 12.7 Å². The van der Waals surface area contributed by atoms with Gasteiger partial charge in [-0.1, -0.05) is 6.08 Å². The zero-order chi connectivity index (χ0) is 8.97. The van der Waals surface area contributed by atoms with Crippen molar-refractivity contribution in [2.75, 3.05) is 13.1 Å². The van der Waals surface area contributed by atoms with E-state index in [1.54, 1.807) is 0 Å². The van der Waals surface area contributed by atoms with E-state index in [0.29, 0.717) is 12.0 Å². The monoisotopic (exact) mass is 167 g/mol. The number of likely N-dealkylation sites (tertiary alicyclic amines) is 1. The Balaban J connectivity index is 2.34.